The second-order valence-corrected chi connectivity index (χ2v) is 8.72. The summed E-state index contributed by atoms with van der Waals surface area (Å²) in [5.41, 5.74) is 3.29. The number of allylic oxidation sites excluding steroid dienone is 4. The SMILES string of the molecule is CCCCCCCCCCCCN1C=CCCC1=CC=C1C(=O)ON=C1c1ccccc1. The van der Waals surface area contributed by atoms with Gasteiger partial charge in [0.2, 0.25) is 0 Å². The average molecular weight is 435 g/mol. The van der Waals surface area contributed by atoms with Crippen LogP contribution in [0.4, 0.5) is 0 Å². The Labute approximate surface area is 193 Å². The number of carbonyl (C=O) groups is 1. The van der Waals surface area contributed by atoms with E-state index >= 15 is 0 Å². The number of hydrogen-bond acceptors (Lipinski definition) is 4. The van der Waals surface area contributed by atoms with E-state index in [0.29, 0.717) is 11.3 Å². The zero-order valence-electron chi connectivity index (χ0n) is 19.6. The van der Waals surface area contributed by atoms with Crippen LogP contribution in [-0.2, 0) is 9.63 Å². The normalized spacial score (nSPS) is 18.5. The molecule has 0 bridgehead atoms. The first-order valence-corrected chi connectivity index (χ1v) is 12.5. The Morgan fingerprint density at radius 2 is 1.62 bits per heavy atom. The molecule has 1 aromatic carbocycles. The second kappa shape index (κ2) is 13.7. The molecular formula is C28H38N2O2. The van der Waals surface area contributed by atoms with Crippen LogP contribution in [0.15, 0.2) is 71.2 Å². The van der Waals surface area contributed by atoms with Crippen LogP contribution in [0.1, 0.15) is 89.5 Å². The molecule has 0 spiro atoms. The van der Waals surface area contributed by atoms with Crippen molar-refractivity contribution in [2.24, 2.45) is 5.16 Å². The van der Waals surface area contributed by atoms with Crippen LogP contribution in [0, 0.1) is 0 Å². The molecule has 0 atom stereocenters. The molecule has 3 rings (SSSR count). The van der Waals surface area contributed by atoms with E-state index in [0.717, 1.165) is 24.9 Å². The highest BCUT2D eigenvalue weighted by Crippen LogP contribution is 2.23. The van der Waals surface area contributed by atoms with Gasteiger partial charge in [0.05, 0.1) is 5.57 Å². The summed E-state index contributed by atoms with van der Waals surface area (Å²) in [5.74, 6) is -0.381. The van der Waals surface area contributed by atoms with Gasteiger partial charge in [-0.25, -0.2) is 4.79 Å². The second-order valence-electron chi connectivity index (χ2n) is 8.72. The number of benzene rings is 1. The first-order chi connectivity index (χ1) is 15.8. The summed E-state index contributed by atoms with van der Waals surface area (Å²) in [6.07, 6.45) is 23.9. The minimum absolute atomic E-state index is 0.381. The number of rotatable bonds is 13. The molecule has 0 fully saturated rings. The highest BCUT2D eigenvalue weighted by molar-refractivity contribution is 6.28. The molecule has 2 heterocycles. The summed E-state index contributed by atoms with van der Waals surface area (Å²) in [6, 6.07) is 9.73. The van der Waals surface area contributed by atoms with Crippen LogP contribution in [0.2, 0.25) is 0 Å². The fourth-order valence-electron chi connectivity index (χ4n) is 4.25. The Hall–Kier alpha value is -2.62. The van der Waals surface area contributed by atoms with Gasteiger partial charge in [-0.05, 0) is 37.6 Å². The zero-order valence-corrected chi connectivity index (χ0v) is 19.6. The highest BCUT2D eigenvalue weighted by Gasteiger charge is 2.26. The van der Waals surface area contributed by atoms with Crippen molar-refractivity contribution in [2.75, 3.05) is 6.54 Å². The summed E-state index contributed by atoms with van der Waals surface area (Å²) in [6.45, 7) is 3.31. The number of unbranched alkanes of at least 4 members (excludes halogenated alkanes) is 9. The number of nitrogens with zero attached hydrogens (tertiary/aromatic N) is 2. The Morgan fingerprint density at radius 1 is 0.938 bits per heavy atom. The third kappa shape index (κ3) is 7.51. The van der Waals surface area contributed by atoms with E-state index in [4.69, 9.17) is 4.84 Å². The van der Waals surface area contributed by atoms with E-state index in [1.165, 1.54) is 69.9 Å². The van der Waals surface area contributed by atoms with Crippen molar-refractivity contribution in [1.82, 2.24) is 4.90 Å². The molecule has 32 heavy (non-hydrogen) atoms. The van der Waals surface area contributed by atoms with Gasteiger partial charge in [0, 0.05) is 17.8 Å². The predicted octanol–water partition coefficient (Wildman–Crippen LogP) is 7.29. The first kappa shape index (κ1) is 24.0. The van der Waals surface area contributed by atoms with Gasteiger partial charge in [-0.1, -0.05) is 106 Å². The van der Waals surface area contributed by atoms with Gasteiger partial charge in [0.1, 0.15) is 5.71 Å². The number of oxime groups is 1. The Morgan fingerprint density at radius 3 is 2.34 bits per heavy atom. The smallest absolute Gasteiger partial charge is 0.352 e. The van der Waals surface area contributed by atoms with Crippen LogP contribution in [-0.4, -0.2) is 23.1 Å². The van der Waals surface area contributed by atoms with E-state index < -0.39 is 0 Å². The Kier molecular flexibility index (Phi) is 10.3. The van der Waals surface area contributed by atoms with Crippen molar-refractivity contribution in [3.8, 4) is 0 Å². The van der Waals surface area contributed by atoms with E-state index in [-0.39, 0.29) is 5.97 Å². The molecule has 0 saturated carbocycles. The Balaban J connectivity index is 1.47. The van der Waals surface area contributed by atoms with Crippen molar-refractivity contribution < 1.29 is 9.63 Å². The minimum Gasteiger partial charge on any atom is -0.352 e. The molecular weight excluding hydrogens is 396 g/mol. The van der Waals surface area contributed by atoms with Crippen molar-refractivity contribution in [3.63, 3.8) is 0 Å². The summed E-state index contributed by atoms with van der Waals surface area (Å²) in [4.78, 5) is 19.5. The monoisotopic (exact) mass is 434 g/mol. The van der Waals surface area contributed by atoms with Crippen molar-refractivity contribution >= 4 is 11.7 Å². The maximum atomic E-state index is 12.2. The van der Waals surface area contributed by atoms with Crippen molar-refractivity contribution in [2.45, 2.75) is 84.0 Å². The summed E-state index contributed by atoms with van der Waals surface area (Å²) < 4.78 is 0. The molecule has 172 valence electrons. The quantitative estimate of drug-likeness (QED) is 0.186. The molecule has 0 saturated heterocycles. The van der Waals surface area contributed by atoms with E-state index in [1.807, 2.05) is 36.4 Å². The van der Waals surface area contributed by atoms with Crippen LogP contribution in [0.3, 0.4) is 0 Å². The standard InChI is InChI=1S/C28H38N2O2/c1-2-3-4-5-6-7-8-9-10-15-22-30-23-16-14-19-25(30)20-21-26-27(29-32-28(26)31)24-17-12-11-13-18-24/h11-13,16-18,20-21,23H,2-10,14-15,19,22H2,1H3. The third-order valence-corrected chi connectivity index (χ3v) is 6.16. The number of carbonyl (C=O) groups excluding carboxylic acids is 1. The van der Waals surface area contributed by atoms with Gasteiger partial charge < -0.3 is 9.74 Å². The lowest BCUT2D eigenvalue weighted by Crippen LogP contribution is -2.20. The molecule has 0 radical (unpaired) electrons. The molecule has 4 nitrogen and oxygen atoms in total. The molecule has 2 aliphatic rings. The fraction of sp³-hybridized carbons (Fsp3) is 0.500. The largest absolute Gasteiger partial charge is 0.368 e. The fourth-order valence-corrected chi connectivity index (χ4v) is 4.25. The maximum Gasteiger partial charge on any atom is 0.368 e. The lowest BCUT2D eigenvalue weighted by atomic mass is 10.0. The summed E-state index contributed by atoms with van der Waals surface area (Å²) in [7, 11) is 0. The van der Waals surface area contributed by atoms with E-state index in [9.17, 15) is 4.79 Å². The molecule has 0 aliphatic carbocycles. The highest BCUT2D eigenvalue weighted by atomic mass is 16.7. The van der Waals surface area contributed by atoms with Crippen LogP contribution >= 0.6 is 0 Å². The van der Waals surface area contributed by atoms with Crippen molar-refractivity contribution in [3.05, 3.63) is 71.6 Å². The predicted molar refractivity (Wildman–Crippen MR) is 132 cm³/mol. The third-order valence-electron chi connectivity index (χ3n) is 6.16. The van der Waals surface area contributed by atoms with Crippen LogP contribution < -0.4 is 0 Å². The lowest BCUT2D eigenvalue weighted by Gasteiger charge is -2.26. The first-order valence-electron chi connectivity index (χ1n) is 12.5. The minimum atomic E-state index is -0.381. The topological polar surface area (TPSA) is 41.9 Å². The molecule has 1 aromatic rings. The molecule has 0 amide bonds. The molecule has 4 heteroatoms. The maximum absolute atomic E-state index is 12.2. The van der Waals surface area contributed by atoms with Gasteiger partial charge in [0.25, 0.3) is 0 Å². The zero-order chi connectivity index (χ0) is 22.4. The van der Waals surface area contributed by atoms with Gasteiger partial charge in [0.15, 0.2) is 0 Å². The molecule has 0 unspecified atom stereocenters. The van der Waals surface area contributed by atoms with Crippen LogP contribution in [0.25, 0.3) is 0 Å². The average Bonchev–Trinajstić information content (AvgIpc) is 3.20. The number of hydrogen-bond donors (Lipinski definition) is 0. The molecule has 2 aliphatic heterocycles. The summed E-state index contributed by atoms with van der Waals surface area (Å²) >= 11 is 0. The van der Waals surface area contributed by atoms with E-state index in [2.05, 4.69) is 35.3 Å². The summed E-state index contributed by atoms with van der Waals surface area (Å²) in [5, 5.41) is 4.00. The van der Waals surface area contributed by atoms with Gasteiger partial charge >= 0.3 is 5.97 Å². The lowest BCUT2D eigenvalue weighted by molar-refractivity contribution is -0.136. The van der Waals surface area contributed by atoms with Gasteiger partial charge in [-0.3, -0.25) is 0 Å². The molecule has 0 aromatic heterocycles. The molecule has 0 N–H and O–H groups in total. The van der Waals surface area contributed by atoms with Crippen molar-refractivity contribution in [1.29, 1.82) is 0 Å². The van der Waals surface area contributed by atoms with Crippen LogP contribution in [0.5, 0.6) is 0 Å². The van der Waals surface area contributed by atoms with E-state index in [1.54, 1.807) is 0 Å². The van der Waals surface area contributed by atoms with Gasteiger partial charge in [-0.2, -0.15) is 0 Å². The van der Waals surface area contributed by atoms with Gasteiger partial charge in [-0.15, -0.1) is 0 Å². The Bertz CT molecular complexity index is 836.